The van der Waals surface area contributed by atoms with E-state index in [9.17, 15) is 0 Å². The number of thiophene rings is 1. The molecule has 5 aromatic heterocycles. The summed E-state index contributed by atoms with van der Waals surface area (Å²) in [6, 6.07) is 25.3. The van der Waals surface area contributed by atoms with Crippen molar-refractivity contribution in [3.63, 3.8) is 0 Å². The van der Waals surface area contributed by atoms with Gasteiger partial charge >= 0.3 is 0 Å². The molecule has 0 unspecified atom stereocenters. The summed E-state index contributed by atoms with van der Waals surface area (Å²) in [5.74, 6) is 1.65. The van der Waals surface area contributed by atoms with Crippen LogP contribution < -0.4 is 0 Å². The minimum absolute atomic E-state index is 0.751. The van der Waals surface area contributed by atoms with Gasteiger partial charge in [0, 0.05) is 56.0 Å². The SMILES string of the molecule is C1=Cc2c(nc(-c3ccccc3)nc2-n2c3cccnc3c3c4ccncc4c4c5ccccc5sc4c32)CC1. The fourth-order valence-corrected chi connectivity index (χ4v) is 7.53. The predicted molar refractivity (Wildman–Crippen MR) is 165 cm³/mol. The highest BCUT2D eigenvalue weighted by Crippen LogP contribution is 2.47. The largest absolute Gasteiger partial charge is 0.290 e. The van der Waals surface area contributed by atoms with Gasteiger partial charge in [-0.25, -0.2) is 9.97 Å². The van der Waals surface area contributed by atoms with Crippen molar-refractivity contribution in [3.8, 4) is 17.2 Å². The molecule has 5 nitrogen and oxygen atoms in total. The smallest absolute Gasteiger partial charge is 0.161 e. The first-order valence-electron chi connectivity index (χ1n) is 13.5. The molecule has 0 bridgehead atoms. The first-order chi connectivity index (χ1) is 19.9. The number of fused-ring (bicyclic) bond motifs is 11. The van der Waals surface area contributed by atoms with Crippen molar-refractivity contribution >= 4 is 70.3 Å². The minimum Gasteiger partial charge on any atom is -0.290 e. The van der Waals surface area contributed by atoms with Crippen LogP contribution in [0.5, 0.6) is 0 Å². The van der Waals surface area contributed by atoms with E-state index < -0.39 is 0 Å². The molecule has 0 spiro atoms. The van der Waals surface area contributed by atoms with E-state index in [0.717, 1.165) is 74.0 Å². The van der Waals surface area contributed by atoms with Crippen molar-refractivity contribution < 1.29 is 0 Å². The van der Waals surface area contributed by atoms with Crippen molar-refractivity contribution in [1.82, 2.24) is 24.5 Å². The molecule has 8 aromatic rings. The summed E-state index contributed by atoms with van der Waals surface area (Å²) in [6.07, 6.45) is 12.1. The summed E-state index contributed by atoms with van der Waals surface area (Å²) in [5, 5.41) is 5.94. The topological polar surface area (TPSA) is 56.5 Å². The van der Waals surface area contributed by atoms with Crippen LogP contribution in [0, 0.1) is 0 Å². The number of allylic oxidation sites excluding steroid dienone is 1. The van der Waals surface area contributed by atoms with Crippen LogP contribution in [0.4, 0.5) is 0 Å². The van der Waals surface area contributed by atoms with Gasteiger partial charge in [-0.05, 0) is 42.5 Å². The monoisotopic (exact) mass is 531 g/mol. The van der Waals surface area contributed by atoms with Crippen LogP contribution in [0.2, 0.25) is 0 Å². The average molecular weight is 532 g/mol. The molecule has 1 aliphatic rings. The zero-order chi connectivity index (χ0) is 26.2. The van der Waals surface area contributed by atoms with Crippen LogP contribution in [0.25, 0.3) is 76.2 Å². The number of hydrogen-bond acceptors (Lipinski definition) is 5. The van der Waals surface area contributed by atoms with E-state index in [0.29, 0.717) is 0 Å². The second-order valence-corrected chi connectivity index (χ2v) is 11.2. The molecule has 0 N–H and O–H groups in total. The van der Waals surface area contributed by atoms with E-state index >= 15 is 0 Å². The van der Waals surface area contributed by atoms with Crippen molar-refractivity contribution in [2.24, 2.45) is 0 Å². The van der Waals surface area contributed by atoms with Gasteiger partial charge in [-0.15, -0.1) is 11.3 Å². The lowest BCUT2D eigenvalue weighted by Gasteiger charge is -2.18. The number of hydrogen-bond donors (Lipinski definition) is 0. The maximum absolute atomic E-state index is 5.30. The van der Waals surface area contributed by atoms with Gasteiger partial charge in [-0.2, -0.15) is 0 Å². The quantitative estimate of drug-likeness (QED) is 0.224. The van der Waals surface area contributed by atoms with Crippen LogP contribution in [0.3, 0.4) is 0 Å². The summed E-state index contributed by atoms with van der Waals surface area (Å²) in [4.78, 5) is 19.9. The number of rotatable bonds is 2. The zero-order valence-electron chi connectivity index (χ0n) is 21.4. The van der Waals surface area contributed by atoms with E-state index in [4.69, 9.17) is 15.0 Å². The molecule has 5 heterocycles. The van der Waals surface area contributed by atoms with Gasteiger partial charge < -0.3 is 0 Å². The number of nitrogens with zero attached hydrogens (tertiary/aromatic N) is 5. The van der Waals surface area contributed by atoms with E-state index in [-0.39, 0.29) is 0 Å². The van der Waals surface area contributed by atoms with Crippen LogP contribution in [0.15, 0.2) is 97.5 Å². The molecule has 0 saturated carbocycles. The van der Waals surface area contributed by atoms with Gasteiger partial charge in [0.1, 0.15) is 5.82 Å². The summed E-state index contributed by atoms with van der Waals surface area (Å²) in [5.41, 5.74) is 6.34. The molecule has 0 radical (unpaired) electrons. The summed E-state index contributed by atoms with van der Waals surface area (Å²) in [7, 11) is 0. The second kappa shape index (κ2) is 8.28. The van der Waals surface area contributed by atoms with Crippen LogP contribution in [-0.2, 0) is 6.42 Å². The second-order valence-electron chi connectivity index (χ2n) is 10.2. The Balaban J connectivity index is 1.55. The van der Waals surface area contributed by atoms with Gasteiger partial charge in [-0.1, -0.05) is 60.7 Å². The van der Waals surface area contributed by atoms with Crippen LogP contribution in [-0.4, -0.2) is 24.5 Å². The molecule has 0 saturated heterocycles. The third kappa shape index (κ3) is 2.96. The molecule has 6 heteroatoms. The molecular weight excluding hydrogens is 510 g/mol. The molecular formula is C34H21N5S. The Morgan fingerprint density at radius 1 is 0.775 bits per heavy atom. The summed E-state index contributed by atoms with van der Waals surface area (Å²) >= 11 is 1.83. The number of aryl methyl sites for hydroxylation is 1. The first kappa shape index (κ1) is 21.9. The Kier molecular flexibility index (Phi) is 4.54. The Morgan fingerprint density at radius 3 is 2.62 bits per heavy atom. The van der Waals surface area contributed by atoms with Crippen LogP contribution >= 0.6 is 11.3 Å². The lowest BCUT2D eigenvalue weighted by atomic mass is 10.0. The molecule has 0 amide bonds. The minimum atomic E-state index is 0.751. The summed E-state index contributed by atoms with van der Waals surface area (Å²) < 4.78 is 4.83. The lowest BCUT2D eigenvalue weighted by Crippen LogP contribution is -2.10. The Morgan fingerprint density at radius 2 is 1.68 bits per heavy atom. The van der Waals surface area contributed by atoms with E-state index in [1.807, 2.05) is 54.2 Å². The molecule has 188 valence electrons. The molecule has 0 aliphatic heterocycles. The van der Waals surface area contributed by atoms with Gasteiger partial charge in [0.2, 0.25) is 0 Å². The highest BCUT2D eigenvalue weighted by molar-refractivity contribution is 7.27. The maximum Gasteiger partial charge on any atom is 0.161 e. The van der Waals surface area contributed by atoms with E-state index in [2.05, 4.69) is 70.2 Å². The number of pyridine rings is 2. The predicted octanol–water partition coefficient (Wildman–Crippen LogP) is 8.51. The molecule has 3 aromatic carbocycles. The van der Waals surface area contributed by atoms with Gasteiger partial charge in [-0.3, -0.25) is 14.5 Å². The zero-order valence-corrected chi connectivity index (χ0v) is 22.2. The van der Waals surface area contributed by atoms with Crippen molar-refractivity contribution in [3.05, 3.63) is 109 Å². The third-order valence-electron chi connectivity index (χ3n) is 7.98. The van der Waals surface area contributed by atoms with Crippen LogP contribution in [0.1, 0.15) is 17.7 Å². The Hall–Kier alpha value is -4.94. The van der Waals surface area contributed by atoms with E-state index in [1.165, 1.54) is 20.2 Å². The standard InChI is InChI=1S/C34H21N5S/c1-2-9-20(10-3-1)33-37-25-13-6-4-11-22(25)34(38-33)39-26-14-8-17-36-30(26)29-21-16-18-35-19-24(21)28-23-12-5-7-15-27(23)40-32(28)31(29)39/h1-5,7-12,14-19H,6,13H2. The number of benzene rings is 3. The van der Waals surface area contributed by atoms with Gasteiger partial charge in [0.15, 0.2) is 5.82 Å². The molecule has 0 atom stereocenters. The lowest BCUT2D eigenvalue weighted by molar-refractivity contribution is 0.895. The average Bonchev–Trinajstić information content (AvgIpc) is 3.58. The fraction of sp³-hybridized carbons (Fsp3) is 0.0588. The third-order valence-corrected chi connectivity index (χ3v) is 9.15. The molecule has 1 aliphatic carbocycles. The van der Waals surface area contributed by atoms with Crippen molar-refractivity contribution in [1.29, 1.82) is 0 Å². The highest BCUT2D eigenvalue weighted by atomic mass is 32.1. The first-order valence-corrected chi connectivity index (χ1v) is 14.3. The molecule has 9 rings (SSSR count). The fourth-order valence-electron chi connectivity index (χ4n) is 6.27. The maximum atomic E-state index is 5.30. The normalized spacial score (nSPS) is 13.2. The van der Waals surface area contributed by atoms with Crippen molar-refractivity contribution in [2.75, 3.05) is 0 Å². The molecule has 0 fully saturated rings. The van der Waals surface area contributed by atoms with E-state index in [1.54, 1.807) is 0 Å². The Labute approximate surface area is 233 Å². The summed E-state index contributed by atoms with van der Waals surface area (Å²) in [6.45, 7) is 0. The van der Waals surface area contributed by atoms with Gasteiger partial charge in [0.25, 0.3) is 0 Å². The van der Waals surface area contributed by atoms with Gasteiger partial charge in [0.05, 0.1) is 26.9 Å². The Bertz CT molecular complexity index is 2330. The number of aromatic nitrogens is 5. The highest BCUT2D eigenvalue weighted by Gasteiger charge is 2.26. The molecule has 40 heavy (non-hydrogen) atoms. The van der Waals surface area contributed by atoms with Crippen molar-refractivity contribution in [2.45, 2.75) is 12.8 Å².